The van der Waals surface area contributed by atoms with E-state index in [-0.39, 0.29) is 11.7 Å². The number of fused-ring (bicyclic) bond motifs is 1. The first-order chi connectivity index (χ1) is 13.4. The zero-order valence-electron chi connectivity index (χ0n) is 15.8. The highest BCUT2D eigenvalue weighted by atomic mass is 32.1. The summed E-state index contributed by atoms with van der Waals surface area (Å²) in [4.78, 5) is 32.1. The molecule has 0 fully saturated rings. The van der Waals surface area contributed by atoms with Crippen molar-refractivity contribution in [2.24, 2.45) is 0 Å². The first-order valence-corrected chi connectivity index (χ1v) is 9.73. The maximum Gasteiger partial charge on any atom is 0.272 e. The molecule has 0 aliphatic rings. The lowest BCUT2D eigenvalue weighted by Crippen LogP contribution is -2.13. The maximum atomic E-state index is 12.6. The number of rotatable bonds is 4. The molecule has 4 aromatic rings. The molecule has 140 valence electrons. The predicted octanol–water partition coefficient (Wildman–Crippen LogP) is 5.36. The van der Waals surface area contributed by atoms with Crippen molar-refractivity contribution in [3.05, 3.63) is 71.0 Å². The lowest BCUT2D eigenvalue weighted by molar-refractivity contribution is 0.101. The van der Waals surface area contributed by atoms with Crippen molar-refractivity contribution in [2.45, 2.75) is 20.8 Å². The number of hydrogen-bond acceptors (Lipinski definition) is 4. The fourth-order valence-electron chi connectivity index (χ4n) is 3.39. The molecule has 0 unspecified atom stereocenters. The van der Waals surface area contributed by atoms with E-state index in [9.17, 15) is 9.59 Å². The van der Waals surface area contributed by atoms with E-state index in [2.05, 4.69) is 21.4 Å². The fourth-order valence-corrected chi connectivity index (χ4v) is 4.36. The van der Waals surface area contributed by atoms with Crippen LogP contribution in [0.2, 0.25) is 0 Å². The van der Waals surface area contributed by atoms with Crippen LogP contribution in [0.5, 0.6) is 0 Å². The van der Waals surface area contributed by atoms with Crippen molar-refractivity contribution in [2.75, 3.05) is 5.32 Å². The molecule has 6 heteroatoms. The van der Waals surface area contributed by atoms with Crippen molar-refractivity contribution < 1.29 is 9.59 Å². The number of carbonyl (C=O) groups excluding carboxylic acids is 2. The third-order valence-corrected chi connectivity index (χ3v) is 5.79. The molecule has 0 saturated carbocycles. The Hall–Kier alpha value is -3.25. The summed E-state index contributed by atoms with van der Waals surface area (Å²) in [5.41, 5.74) is 5.05. The number of H-pyrrole nitrogens is 1. The Morgan fingerprint density at radius 3 is 2.39 bits per heavy atom. The molecule has 0 saturated heterocycles. The lowest BCUT2D eigenvalue weighted by Gasteiger charge is -2.06. The van der Waals surface area contributed by atoms with Gasteiger partial charge in [0.25, 0.3) is 5.91 Å². The normalized spacial score (nSPS) is 11.0. The number of benzene rings is 2. The van der Waals surface area contributed by atoms with Crippen LogP contribution < -0.4 is 5.32 Å². The van der Waals surface area contributed by atoms with Crippen LogP contribution in [0.4, 0.5) is 5.69 Å². The molecule has 2 heterocycles. The van der Waals surface area contributed by atoms with E-state index in [4.69, 9.17) is 0 Å². The molecule has 2 aromatic heterocycles. The third kappa shape index (κ3) is 3.23. The third-order valence-electron chi connectivity index (χ3n) is 4.70. The van der Waals surface area contributed by atoms with Gasteiger partial charge in [0.2, 0.25) is 0 Å². The minimum Gasteiger partial charge on any atom is -0.354 e. The summed E-state index contributed by atoms with van der Waals surface area (Å²) in [5.74, 6) is -0.314. The average molecular weight is 389 g/mol. The van der Waals surface area contributed by atoms with Gasteiger partial charge in [0.1, 0.15) is 10.7 Å². The van der Waals surface area contributed by atoms with E-state index in [1.54, 1.807) is 25.2 Å². The second-order valence-electron chi connectivity index (χ2n) is 6.70. The van der Waals surface area contributed by atoms with Crippen molar-refractivity contribution in [3.63, 3.8) is 0 Å². The van der Waals surface area contributed by atoms with Crippen LogP contribution in [-0.2, 0) is 0 Å². The Kier molecular flexibility index (Phi) is 4.57. The topological polar surface area (TPSA) is 74.8 Å². The van der Waals surface area contributed by atoms with Crippen LogP contribution in [0.1, 0.15) is 39.0 Å². The maximum absolute atomic E-state index is 12.6. The molecule has 2 N–H and O–H groups in total. The number of para-hydroxylation sites is 1. The molecule has 28 heavy (non-hydrogen) atoms. The molecule has 0 spiro atoms. The Morgan fingerprint density at radius 2 is 1.75 bits per heavy atom. The second-order valence-corrected chi connectivity index (χ2v) is 7.73. The number of nitrogens with zero attached hydrogens (tertiary/aromatic N) is 1. The van der Waals surface area contributed by atoms with Gasteiger partial charge in [0.05, 0.1) is 10.2 Å². The smallest absolute Gasteiger partial charge is 0.272 e. The summed E-state index contributed by atoms with van der Waals surface area (Å²) in [7, 11) is 0. The minimum absolute atomic E-state index is 0.0505. The first-order valence-electron chi connectivity index (χ1n) is 8.91. The number of thiazole rings is 1. The molecule has 0 bridgehead atoms. The zero-order valence-corrected chi connectivity index (χ0v) is 16.6. The molecule has 0 aliphatic carbocycles. The molecule has 0 radical (unpaired) electrons. The van der Waals surface area contributed by atoms with E-state index >= 15 is 0 Å². The molecule has 4 rings (SSSR count). The Morgan fingerprint density at radius 1 is 1.04 bits per heavy atom. The quantitative estimate of drug-likeness (QED) is 0.461. The van der Waals surface area contributed by atoms with Gasteiger partial charge in [-0.05, 0) is 62.7 Å². The molecule has 2 aromatic carbocycles. The Balaban J connectivity index is 1.55. The summed E-state index contributed by atoms with van der Waals surface area (Å²) in [5, 5.41) is 3.83. The number of aromatic nitrogens is 2. The first kappa shape index (κ1) is 18.1. The van der Waals surface area contributed by atoms with Gasteiger partial charge in [-0.25, -0.2) is 4.98 Å². The second kappa shape index (κ2) is 7.05. The standard InChI is InChI=1S/C22H19N3O2S/c1-12-19(14(3)26)13(2)23-20(12)21(27)24-16-10-8-15(9-11-16)22-25-17-6-4-5-7-18(17)28-22/h4-11,23H,1-3H3,(H,24,27). The average Bonchev–Trinajstić information content (AvgIpc) is 3.23. The van der Waals surface area contributed by atoms with Gasteiger partial charge in [-0.1, -0.05) is 12.1 Å². The van der Waals surface area contributed by atoms with E-state index in [0.29, 0.717) is 28.2 Å². The number of ketones is 1. The van der Waals surface area contributed by atoms with Crippen molar-refractivity contribution in [3.8, 4) is 10.6 Å². The van der Waals surface area contributed by atoms with Gasteiger partial charge in [-0.3, -0.25) is 9.59 Å². The van der Waals surface area contributed by atoms with Gasteiger partial charge in [-0.2, -0.15) is 0 Å². The number of Topliss-reactive ketones (excluding diaryl/α,β-unsaturated/α-hetero) is 1. The molecular formula is C22H19N3O2S. The summed E-state index contributed by atoms with van der Waals surface area (Å²) in [6.07, 6.45) is 0. The van der Waals surface area contributed by atoms with Gasteiger partial charge < -0.3 is 10.3 Å². The van der Waals surface area contributed by atoms with Crippen molar-refractivity contribution in [1.29, 1.82) is 0 Å². The highest BCUT2D eigenvalue weighted by Crippen LogP contribution is 2.30. The molecular weight excluding hydrogens is 370 g/mol. The van der Waals surface area contributed by atoms with Crippen LogP contribution in [0.15, 0.2) is 48.5 Å². The largest absolute Gasteiger partial charge is 0.354 e. The number of anilines is 1. The number of hydrogen-bond donors (Lipinski definition) is 2. The predicted molar refractivity (Wildman–Crippen MR) is 113 cm³/mol. The van der Waals surface area contributed by atoms with E-state index in [1.807, 2.05) is 42.5 Å². The van der Waals surface area contributed by atoms with Crippen LogP contribution >= 0.6 is 11.3 Å². The number of aromatic amines is 1. The van der Waals surface area contributed by atoms with Crippen molar-refractivity contribution in [1.82, 2.24) is 9.97 Å². The summed E-state index contributed by atoms with van der Waals surface area (Å²) in [6.45, 7) is 5.09. The Labute approximate surface area is 166 Å². The van der Waals surface area contributed by atoms with E-state index in [0.717, 1.165) is 20.8 Å². The van der Waals surface area contributed by atoms with Crippen LogP contribution in [0.3, 0.4) is 0 Å². The van der Waals surface area contributed by atoms with Crippen molar-refractivity contribution >= 4 is 38.9 Å². The highest BCUT2D eigenvalue weighted by Gasteiger charge is 2.19. The Bertz CT molecular complexity index is 1170. The van der Waals surface area contributed by atoms with E-state index in [1.165, 1.54) is 6.92 Å². The number of aryl methyl sites for hydroxylation is 1. The fraction of sp³-hybridized carbons (Fsp3) is 0.136. The number of nitrogens with one attached hydrogen (secondary N) is 2. The SMILES string of the molecule is CC(=O)c1c(C)[nH]c(C(=O)Nc2ccc(-c3nc4ccccc4s3)cc2)c1C. The summed E-state index contributed by atoms with van der Waals surface area (Å²) >= 11 is 1.64. The zero-order chi connectivity index (χ0) is 19.8. The number of carbonyl (C=O) groups is 2. The highest BCUT2D eigenvalue weighted by molar-refractivity contribution is 7.21. The van der Waals surface area contributed by atoms with Gasteiger partial charge in [-0.15, -0.1) is 11.3 Å². The van der Waals surface area contributed by atoms with Gasteiger partial charge in [0, 0.05) is 22.5 Å². The van der Waals surface area contributed by atoms with Crippen LogP contribution in [-0.4, -0.2) is 21.7 Å². The molecule has 1 amide bonds. The number of amides is 1. The molecule has 0 aliphatic heterocycles. The molecule has 0 atom stereocenters. The monoisotopic (exact) mass is 389 g/mol. The van der Waals surface area contributed by atoms with Crippen LogP contribution in [0, 0.1) is 13.8 Å². The van der Waals surface area contributed by atoms with Gasteiger partial charge >= 0.3 is 0 Å². The van der Waals surface area contributed by atoms with E-state index < -0.39 is 0 Å². The van der Waals surface area contributed by atoms with Gasteiger partial charge in [0.15, 0.2) is 5.78 Å². The lowest BCUT2D eigenvalue weighted by atomic mass is 10.1. The summed E-state index contributed by atoms with van der Waals surface area (Å²) in [6, 6.07) is 15.6. The molecule has 5 nitrogen and oxygen atoms in total. The minimum atomic E-state index is -0.263. The summed E-state index contributed by atoms with van der Waals surface area (Å²) < 4.78 is 1.15. The van der Waals surface area contributed by atoms with Crippen LogP contribution in [0.25, 0.3) is 20.8 Å².